The molecule has 0 aromatic rings. The summed E-state index contributed by atoms with van der Waals surface area (Å²) in [5.74, 6) is -1.73. The Hall–Kier alpha value is -0.400. The molecule has 0 radical (unpaired) electrons. The van der Waals surface area contributed by atoms with Gasteiger partial charge in [0.05, 0.1) is 11.1 Å². The second kappa shape index (κ2) is 5.97. The predicted molar refractivity (Wildman–Crippen MR) is 62.8 cm³/mol. The van der Waals surface area contributed by atoms with Crippen LogP contribution < -0.4 is 5.73 Å². The van der Waals surface area contributed by atoms with E-state index in [0.29, 0.717) is 13.1 Å². The molecule has 0 spiro atoms. The number of ether oxygens (including phenoxy) is 1. The fraction of sp³-hybridized carbons (Fsp3) is 0.900. The van der Waals surface area contributed by atoms with E-state index in [-0.39, 0.29) is 12.6 Å². The summed E-state index contributed by atoms with van der Waals surface area (Å²) in [5.41, 5.74) is 5.16. The first kappa shape index (κ1) is 14.7. The fourth-order valence-corrected chi connectivity index (χ4v) is 2.19. The minimum Gasteiger partial charge on any atom is -0.393 e. The first-order chi connectivity index (χ1) is 7.84. The third kappa shape index (κ3) is 4.40. The maximum atomic E-state index is 12.7. The number of alkyl halides is 3. The van der Waals surface area contributed by atoms with E-state index in [9.17, 15) is 13.2 Å². The molecule has 0 aliphatic carbocycles. The molecule has 0 aromatic carbocycles. The maximum Gasteiger partial charge on any atom is 0.399 e. The molecule has 100 valence electrons. The summed E-state index contributed by atoms with van der Waals surface area (Å²) in [7, 11) is 1.57. The molecular weight excluding hydrogens is 253 g/mol. The van der Waals surface area contributed by atoms with Gasteiger partial charge in [-0.2, -0.15) is 13.2 Å². The van der Waals surface area contributed by atoms with Gasteiger partial charge in [-0.05, 0) is 19.4 Å². The molecule has 1 aliphatic rings. The lowest BCUT2D eigenvalue weighted by Gasteiger charge is -2.34. The number of hydrogen-bond donors (Lipinski definition) is 1. The van der Waals surface area contributed by atoms with Gasteiger partial charge in [-0.25, -0.2) is 0 Å². The summed E-state index contributed by atoms with van der Waals surface area (Å²) in [6.45, 7) is 0.972. The summed E-state index contributed by atoms with van der Waals surface area (Å²) < 4.78 is 43.2. The van der Waals surface area contributed by atoms with Crippen molar-refractivity contribution in [1.82, 2.24) is 4.90 Å². The highest BCUT2D eigenvalue weighted by Crippen LogP contribution is 2.28. The number of halogens is 3. The fourth-order valence-electron chi connectivity index (χ4n) is 1.98. The van der Waals surface area contributed by atoms with E-state index >= 15 is 0 Å². The van der Waals surface area contributed by atoms with Gasteiger partial charge >= 0.3 is 6.18 Å². The van der Waals surface area contributed by atoms with E-state index in [0.717, 1.165) is 12.8 Å². The Kier molecular flexibility index (Phi) is 5.15. The van der Waals surface area contributed by atoms with Crippen LogP contribution in [-0.4, -0.2) is 48.9 Å². The van der Waals surface area contributed by atoms with Crippen LogP contribution in [0.1, 0.15) is 12.8 Å². The topological polar surface area (TPSA) is 38.5 Å². The minimum atomic E-state index is -4.37. The van der Waals surface area contributed by atoms with Crippen LogP contribution in [0.2, 0.25) is 0 Å². The summed E-state index contributed by atoms with van der Waals surface area (Å²) in [5, 5.41) is 0. The lowest BCUT2D eigenvalue weighted by Crippen LogP contribution is -2.47. The van der Waals surface area contributed by atoms with Crippen LogP contribution in [0.5, 0.6) is 0 Å². The van der Waals surface area contributed by atoms with Crippen LogP contribution in [-0.2, 0) is 4.74 Å². The molecule has 1 heterocycles. The molecule has 7 heteroatoms. The molecule has 1 fully saturated rings. The van der Waals surface area contributed by atoms with Crippen LogP contribution in [0.25, 0.3) is 0 Å². The zero-order valence-corrected chi connectivity index (χ0v) is 10.5. The van der Waals surface area contributed by atoms with Gasteiger partial charge in [0.2, 0.25) is 0 Å². The number of methoxy groups -OCH3 is 1. The van der Waals surface area contributed by atoms with Crippen LogP contribution in [0, 0.1) is 5.92 Å². The van der Waals surface area contributed by atoms with Gasteiger partial charge in [0.15, 0.2) is 0 Å². The summed E-state index contributed by atoms with van der Waals surface area (Å²) in [6.07, 6.45) is -2.65. The van der Waals surface area contributed by atoms with Gasteiger partial charge in [0.1, 0.15) is 5.92 Å². The van der Waals surface area contributed by atoms with E-state index in [2.05, 4.69) is 12.2 Å². The third-order valence-corrected chi connectivity index (χ3v) is 3.26. The Morgan fingerprint density at radius 3 is 2.71 bits per heavy atom. The SMILES string of the molecule is COC1CCCN(CC(C(N)=S)C(F)(F)F)C1. The van der Waals surface area contributed by atoms with Crippen molar-refractivity contribution in [2.45, 2.75) is 25.1 Å². The Morgan fingerprint density at radius 1 is 1.59 bits per heavy atom. The Labute approximate surface area is 104 Å². The van der Waals surface area contributed by atoms with Crippen molar-refractivity contribution in [3.8, 4) is 0 Å². The normalized spacial score (nSPS) is 24.6. The minimum absolute atomic E-state index is 0.00368. The lowest BCUT2D eigenvalue weighted by molar-refractivity contribution is -0.161. The highest BCUT2D eigenvalue weighted by atomic mass is 32.1. The Balaban J connectivity index is 2.58. The first-order valence-corrected chi connectivity index (χ1v) is 5.86. The van der Waals surface area contributed by atoms with Gasteiger partial charge in [0, 0.05) is 20.2 Å². The van der Waals surface area contributed by atoms with Crippen LogP contribution in [0.15, 0.2) is 0 Å². The molecule has 2 unspecified atom stereocenters. The van der Waals surface area contributed by atoms with Gasteiger partial charge in [0.25, 0.3) is 0 Å². The number of rotatable bonds is 4. The van der Waals surface area contributed by atoms with Gasteiger partial charge in [-0.1, -0.05) is 12.2 Å². The van der Waals surface area contributed by atoms with Crippen LogP contribution in [0.3, 0.4) is 0 Å². The van der Waals surface area contributed by atoms with E-state index < -0.39 is 17.1 Å². The van der Waals surface area contributed by atoms with Crippen LogP contribution >= 0.6 is 12.2 Å². The van der Waals surface area contributed by atoms with E-state index in [1.807, 2.05) is 0 Å². The monoisotopic (exact) mass is 270 g/mol. The van der Waals surface area contributed by atoms with Crippen molar-refractivity contribution in [1.29, 1.82) is 0 Å². The van der Waals surface area contributed by atoms with Crippen molar-refractivity contribution in [2.75, 3.05) is 26.7 Å². The quantitative estimate of drug-likeness (QED) is 0.787. The second-order valence-electron chi connectivity index (χ2n) is 4.26. The van der Waals surface area contributed by atoms with E-state index in [1.54, 1.807) is 12.0 Å². The highest BCUT2D eigenvalue weighted by molar-refractivity contribution is 7.80. The third-order valence-electron chi connectivity index (χ3n) is 2.97. The van der Waals surface area contributed by atoms with Gasteiger partial charge in [-0.3, -0.25) is 4.90 Å². The molecule has 3 nitrogen and oxygen atoms in total. The Bertz CT molecular complexity index is 273. The lowest BCUT2D eigenvalue weighted by atomic mass is 10.0. The summed E-state index contributed by atoms with van der Waals surface area (Å²) in [6, 6.07) is 0. The molecular formula is C10H17F3N2OS. The smallest absolute Gasteiger partial charge is 0.393 e. The number of thiocarbonyl (C=S) groups is 1. The first-order valence-electron chi connectivity index (χ1n) is 5.45. The molecule has 1 saturated heterocycles. The number of hydrogen-bond acceptors (Lipinski definition) is 3. The average molecular weight is 270 g/mol. The molecule has 0 aromatic heterocycles. The molecule has 0 saturated carbocycles. The number of nitrogens with zero attached hydrogens (tertiary/aromatic N) is 1. The zero-order chi connectivity index (χ0) is 13.1. The largest absolute Gasteiger partial charge is 0.399 e. The van der Waals surface area contributed by atoms with E-state index in [1.165, 1.54) is 0 Å². The second-order valence-corrected chi connectivity index (χ2v) is 4.73. The van der Waals surface area contributed by atoms with Crippen molar-refractivity contribution >= 4 is 17.2 Å². The highest BCUT2D eigenvalue weighted by Gasteiger charge is 2.43. The average Bonchev–Trinajstić information content (AvgIpc) is 2.24. The number of likely N-dealkylation sites (tertiary alicyclic amines) is 1. The molecule has 2 N–H and O–H groups in total. The van der Waals surface area contributed by atoms with Gasteiger partial charge in [-0.15, -0.1) is 0 Å². The molecule has 2 atom stereocenters. The van der Waals surface area contributed by atoms with Crippen molar-refractivity contribution in [3.63, 3.8) is 0 Å². The van der Waals surface area contributed by atoms with Gasteiger partial charge < -0.3 is 10.5 Å². The summed E-state index contributed by atoms with van der Waals surface area (Å²) in [4.78, 5) is 1.23. The standard InChI is InChI=1S/C10H17F3N2OS/c1-16-7-3-2-4-15(5-7)6-8(9(14)17)10(11,12)13/h7-8H,2-6H2,1H3,(H2,14,17). The molecule has 17 heavy (non-hydrogen) atoms. The zero-order valence-electron chi connectivity index (χ0n) is 9.67. The molecule has 0 amide bonds. The number of piperidine rings is 1. The number of nitrogens with two attached hydrogens (primary N) is 1. The molecule has 1 rings (SSSR count). The van der Waals surface area contributed by atoms with Crippen molar-refractivity contribution < 1.29 is 17.9 Å². The van der Waals surface area contributed by atoms with Crippen molar-refractivity contribution in [2.24, 2.45) is 11.7 Å². The van der Waals surface area contributed by atoms with Crippen molar-refractivity contribution in [3.05, 3.63) is 0 Å². The van der Waals surface area contributed by atoms with Crippen LogP contribution in [0.4, 0.5) is 13.2 Å². The van der Waals surface area contributed by atoms with E-state index in [4.69, 9.17) is 10.5 Å². The summed E-state index contributed by atoms with van der Waals surface area (Å²) >= 11 is 4.49. The molecule has 1 aliphatic heterocycles. The predicted octanol–water partition coefficient (Wildman–Crippen LogP) is 1.56. The Morgan fingerprint density at radius 2 is 2.24 bits per heavy atom. The molecule has 0 bridgehead atoms. The maximum absolute atomic E-state index is 12.7.